The van der Waals surface area contributed by atoms with E-state index in [1.54, 1.807) is 0 Å². The van der Waals surface area contributed by atoms with Crippen LogP contribution in [0.3, 0.4) is 0 Å². The summed E-state index contributed by atoms with van der Waals surface area (Å²) in [6.07, 6.45) is 0. The zero-order valence-corrected chi connectivity index (χ0v) is 11.3. The van der Waals surface area contributed by atoms with E-state index in [-0.39, 0.29) is 5.41 Å². The highest BCUT2D eigenvalue weighted by molar-refractivity contribution is 5.77. The molecule has 0 bridgehead atoms. The second-order valence-electron chi connectivity index (χ2n) is 6.32. The first-order valence-electron chi connectivity index (χ1n) is 6.40. The first-order chi connectivity index (χ1) is 8.37. The van der Waals surface area contributed by atoms with Crippen LogP contribution in [0.25, 0.3) is 0 Å². The van der Waals surface area contributed by atoms with E-state index >= 15 is 0 Å². The van der Waals surface area contributed by atoms with Gasteiger partial charge in [0.25, 0.3) is 0 Å². The minimum absolute atomic E-state index is 0.190. The Hall–Kier alpha value is -1.35. The maximum atomic E-state index is 11.4. The lowest BCUT2D eigenvalue weighted by Gasteiger charge is -2.36. The molecule has 3 heteroatoms. The van der Waals surface area contributed by atoms with Gasteiger partial charge in [-0.3, -0.25) is 9.69 Å². The van der Waals surface area contributed by atoms with Crippen molar-refractivity contribution in [1.82, 2.24) is 4.90 Å². The zero-order chi connectivity index (χ0) is 13.3. The molecule has 1 aromatic rings. The molecular formula is C15H21NO2. The monoisotopic (exact) mass is 247 g/mol. The first kappa shape index (κ1) is 13.1. The number of nitrogens with zero attached hydrogens (tertiary/aromatic N) is 1. The van der Waals surface area contributed by atoms with Crippen LogP contribution >= 0.6 is 0 Å². The third kappa shape index (κ3) is 2.91. The van der Waals surface area contributed by atoms with Crippen molar-refractivity contribution in [3.05, 3.63) is 35.4 Å². The molecule has 3 nitrogen and oxygen atoms in total. The van der Waals surface area contributed by atoms with E-state index in [2.05, 4.69) is 25.7 Å². The van der Waals surface area contributed by atoms with Crippen molar-refractivity contribution >= 4 is 5.97 Å². The molecule has 0 radical (unpaired) electrons. The Morgan fingerprint density at radius 3 is 2.67 bits per heavy atom. The van der Waals surface area contributed by atoms with Crippen molar-refractivity contribution < 1.29 is 9.90 Å². The lowest BCUT2D eigenvalue weighted by Crippen LogP contribution is -2.40. The minimum Gasteiger partial charge on any atom is -0.481 e. The number of carbonyl (C=O) groups is 1. The Morgan fingerprint density at radius 1 is 1.39 bits per heavy atom. The van der Waals surface area contributed by atoms with Crippen LogP contribution in [0.15, 0.2) is 24.3 Å². The topological polar surface area (TPSA) is 40.5 Å². The Kier molecular flexibility index (Phi) is 3.44. The second-order valence-corrected chi connectivity index (χ2v) is 6.32. The molecule has 98 valence electrons. The van der Waals surface area contributed by atoms with Crippen molar-refractivity contribution in [3.63, 3.8) is 0 Å². The van der Waals surface area contributed by atoms with Gasteiger partial charge in [0.1, 0.15) is 0 Å². The molecule has 1 heterocycles. The van der Waals surface area contributed by atoms with Gasteiger partial charge in [-0.15, -0.1) is 0 Å². The van der Waals surface area contributed by atoms with Gasteiger partial charge in [0.05, 0.1) is 5.92 Å². The van der Waals surface area contributed by atoms with Crippen molar-refractivity contribution in [1.29, 1.82) is 0 Å². The van der Waals surface area contributed by atoms with Gasteiger partial charge in [-0.25, -0.2) is 0 Å². The molecular weight excluding hydrogens is 226 g/mol. The molecule has 1 aromatic carbocycles. The van der Waals surface area contributed by atoms with E-state index in [9.17, 15) is 9.90 Å². The quantitative estimate of drug-likeness (QED) is 0.873. The van der Waals surface area contributed by atoms with Gasteiger partial charge >= 0.3 is 5.97 Å². The summed E-state index contributed by atoms with van der Waals surface area (Å²) < 4.78 is 0. The third-order valence-electron chi connectivity index (χ3n) is 3.26. The van der Waals surface area contributed by atoms with Crippen LogP contribution in [0, 0.1) is 5.41 Å². The maximum Gasteiger partial charge on any atom is 0.312 e. The van der Waals surface area contributed by atoms with Crippen LogP contribution < -0.4 is 0 Å². The summed E-state index contributed by atoms with van der Waals surface area (Å²) in [4.78, 5) is 13.7. The molecule has 1 atom stereocenters. The molecule has 0 aromatic heterocycles. The number of hydrogen-bond donors (Lipinski definition) is 1. The fraction of sp³-hybridized carbons (Fsp3) is 0.533. The van der Waals surface area contributed by atoms with Gasteiger partial charge in [-0.1, -0.05) is 45.0 Å². The summed E-state index contributed by atoms with van der Waals surface area (Å²) in [7, 11) is 0. The van der Waals surface area contributed by atoms with E-state index in [4.69, 9.17) is 0 Å². The highest BCUT2D eigenvalue weighted by atomic mass is 16.4. The van der Waals surface area contributed by atoms with Gasteiger partial charge < -0.3 is 5.11 Å². The molecule has 0 fully saturated rings. The van der Waals surface area contributed by atoms with E-state index < -0.39 is 11.9 Å². The average Bonchev–Trinajstić information content (AvgIpc) is 2.25. The second kappa shape index (κ2) is 4.73. The number of hydrogen-bond acceptors (Lipinski definition) is 2. The molecule has 0 aliphatic carbocycles. The molecule has 0 saturated carbocycles. The molecule has 1 aliphatic heterocycles. The minimum atomic E-state index is -0.721. The lowest BCUT2D eigenvalue weighted by atomic mass is 9.87. The number of benzene rings is 1. The van der Waals surface area contributed by atoms with Crippen LogP contribution in [0.2, 0.25) is 0 Å². The predicted octanol–water partition coefficient (Wildman–Crippen LogP) is 2.72. The van der Waals surface area contributed by atoms with Crippen LogP contribution in [0.1, 0.15) is 37.8 Å². The Balaban J connectivity index is 2.26. The molecule has 0 spiro atoms. The lowest BCUT2D eigenvalue weighted by molar-refractivity contribution is -0.139. The van der Waals surface area contributed by atoms with Crippen molar-refractivity contribution in [2.75, 3.05) is 13.1 Å². The van der Waals surface area contributed by atoms with E-state index in [0.717, 1.165) is 24.2 Å². The van der Waals surface area contributed by atoms with Gasteiger partial charge in [-0.05, 0) is 16.5 Å². The van der Waals surface area contributed by atoms with Crippen LogP contribution in [-0.2, 0) is 11.3 Å². The highest BCUT2D eigenvalue weighted by Crippen LogP contribution is 2.30. The molecule has 1 unspecified atom stereocenters. The molecule has 1 aliphatic rings. The zero-order valence-electron chi connectivity index (χ0n) is 11.3. The summed E-state index contributed by atoms with van der Waals surface area (Å²) in [5.74, 6) is -1.11. The summed E-state index contributed by atoms with van der Waals surface area (Å²) in [6.45, 7) is 8.95. The average molecular weight is 247 g/mol. The molecule has 2 rings (SSSR count). The number of rotatable bonds is 2. The smallest absolute Gasteiger partial charge is 0.312 e. The van der Waals surface area contributed by atoms with E-state index in [0.29, 0.717) is 6.54 Å². The van der Waals surface area contributed by atoms with E-state index in [1.165, 1.54) is 0 Å². The molecule has 18 heavy (non-hydrogen) atoms. The van der Waals surface area contributed by atoms with Crippen LogP contribution in [0.4, 0.5) is 0 Å². The molecule has 0 saturated heterocycles. The van der Waals surface area contributed by atoms with Gasteiger partial charge in [-0.2, -0.15) is 0 Å². The van der Waals surface area contributed by atoms with Crippen molar-refractivity contribution in [3.8, 4) is 0 Å². The number of aliphatic carboxylic acids is 1. The maximum absolute atomic E-state index is 11.4. The predicted molar refractivity (Wildman–Crippen MR) is 71.6 cm³/mol. The van der Waals surface area contributed by atoms with Gasteiger partial charge in [0, 0.05) is 19.6 Å². The largest absolute Gasteiger partial charge is 0.481 e. The number of carboxylic acid groups (broad SMARTS) is 1. The normalized spacial score (nSPS) is 20.5. The summed E-state index contributed by atoms with van der Waals surface area (Å²) in [5.41, 5.74) is 2.32. The van der Waals surface area contributed by atoms with Crippen LogP contribution in [-0.4, -0.2) is 29.1 Å². The highest BCUT2D eigenvalue weighted by Gasteiger charge is 2.31. The fourth-order valence-electron chi connectivity index (χ4n) is 2.68. The third-order valence-corrected chi connectivity index (χ3v) is 3.26. The Morgan fingerprint density at radius 2 is 2.06 bits per heavy atom. The fourth-order valence-corrected chi connectivity index (χ4v) is 2.68. The summed E-state index contributed by atoms with van der Waals surface area (Å²) in [6, 6.07) is 7.90. The first-order valence-corrected chi connectivity index (χ1v) is 6.40. The van der Waals surface area contributed by atoms with Crippen molar-refractivity contribution in [2.45, 2.75) is 33.2 Å². The molecule has 0 amide bonds. The Bertz CT molecular complexity index is 448. The van der Waals surface area contributed by atoms with Crippen LogP contribution in [0.5, 0.6) is 0 Å². The standard InChI is InChI=1S/C15H21NO2/c1-15(2,3)10-16-8-11-6-4-5-7-12(11)13(9-16)14(17)18/h4-7,13H,8-10H2,1-3H3,(H,17,18). The van der Waals surface area contributed by atoms with E-state index in [1.807, 2.05) is 24.3 Å². The van der Waals surface area contributed by atoms with Crippen molar-refractivity contribution in [2.24, 2.45) is 5.41 Å². The van der Waals surface area contributed by atoms with Gasteiger partial charge in [0.2, 0.25) is 0 Å². The number of carboxylic acids is 1. The summed E-state index contributed by atoms with van der Waals surface area (Å²) >= 11 is 0. The summed E-state index contributed by atoms with van der Waals surface area (Å²) in [5, 5.41) is 9.37. The van der Waals surface area contributed by atoms with Gasteiger partial charge in [0.15, 0.2) is 0 Å². The molecule has 1 N–H and O–H groups in total. The SMILES string of the molecule is CC(C)(C)CN1Cc2ccccc2C(C(=O)O)C1. The number of fused-ring (bicyclic) bond motifs is 1. The Labute approximate surface area is 108 Å².